The zero-order valence-corrected chi connectivity index (χ0v) is 15.6. The lowest BCUT2D eigenvalue weighted by Crippen LogP contribution is -2.25. The normalized spacial score (nSPS) is 25.4. The highest BCUT2D eigenvalue weighted by molar-refractivity contribution is 5.06. The van der Waals surface area contributed by atoms with Gasteiger partial charge < -0.3 is 19.7 Å². The first kappa shape index (κ1) is 21.4. The molecule has 6 atom stereocenters. The van der Waals surface area contributed by atoms with E-state index in [-0.39, 0.29) is 18.3 Å². The largest absolute Gasteiger partial charge is 0.389 e. The van der Waals surface area contributed by atoms with Crippen molar-refractivity contribution >= 4 is 0 Å². The maximum Gasteiger partial charge on any atom is 0.155 e. The van der Waals surface area contributed by atoms with Crippen molar-refractivity contribution in [1.82, 2.24) is 0 Å². The Bertz CT molecular complexity index is 369. The van der Waals surface area contributed by atoms with Gasteiger partial charge in [0.25, 0.3) is 0 Å². The number of hydrogen-bond acceptors (Lipinski definition) is 4. The van der Waals surface area contributed by atoms with Crippen LogP contribution in [0.5, 0.6) is 0 Å². The van der Waals surface area contributed by atoms with Gasteiger partial charge in [0, 0.05) is 6.61 Å². The molecule has 0 radical (unpaired) electrons. The molecular formula is C20H36O4. The summed E-state index contributed by atoms with van der Waals surface area (Å²) in [6, 6.07) is 0. The van der Waals surface area contributed by atoms with Gasteiger partial charge in [-0.2, -0.15) is 0 Å². The number of hydrogen-bond donors (Lipinski definition) is 2. The van der Waals surface area contributed by atoms with Gasteiger partial charge in [-0.3, -0.25) is 0 Å². The number of ether oxygens (including phenoxy) is 2. The molecule has 0 saturated heterocycles. The highest BCUT2D eigenvalue weighted by atomic mass is 16.7. The Kier molecular flexibility index (Phi) is 10.5. The summed E-state index contributed by atoms with van der Waals surface area (Å²) in [5.74, 6) is 0.519. The first-order valence-corrected chi connectivity index (χ1v) is 9.45. The van der Waals surface area contributed by atoms with Crippen LogP contribution in [0.4, 0.5) is 0 Å². The Morgan fingerprint density at radius 2 is 1.92 bits per heavy atom. The molecule has 1 aliphatic rings. The van der Waals surface area contributed by atoms with Crippen LogP contribution < -0.4 is 0 Å². The molecule has 0 aliphatic heterocycles. The third-order valence-corrected chi connectivity index (χ3v) is 4.61. The van der Waals surface area contributed by atoms with E-state index in [2.05, 4.69) is 13.5 Å². The van der Waals surface area contributed by atoms with Crippen LogP contribution in [0.3, 0.4) is 0 Å². The second-order valence-electron chi connectivity index (χ2n) is 6.72. The molecule has 0 aromatic heterocycles. The molecule has 2 N–H and O–H groups in total. The first-order chi connectivity index (χ1) is 11.5. The van der Waals surface area contributed by atoms with Gasteiger partial charge >= 0.3 is 0 Å². The summed E-state index contributed by atoms with van der Waals surface area (Å²) in [4.78, 5) is 0. The second-order valence-corrected chi connectivity index (χ2v) is 6.72. The maximum absolute atomic E-state index is 10.3. The van der Waals surface area contributed by atoms with E-state index in [1.165, 1.54) is 0 Å². The highest BCUT2D eigenvalue weighted by Gasteiger charge is 2.46. The van der Waals surface area contributed by atoms with E-state index >= 15 is 0 Å². The molecule has 4 heteroatoms. The summed E-state index contributed by atoms with van der Waals surface area (Å²) >= 11 is 0. The lowest BCUT2D eigenvalue weighted by atomic mass is 10.1. The molecule has 1 saturated carbocycles. The molecule has 0 heterocycles. The summed E-state index contributed by atoms with van der Waals surface area (Å²) in [7, 11) is 0. The predicted octanol–water partition coefficient (Wildman–Crippen LogP) is 3.82. The van der Waals surface area contributed by atoms with Crippen LogP contribution in [-0.4, -0.2) is 41.4 Å². The Labute approximate surface area is 147 Å². The van der Waals surface area contributed by atoms with E-state index in [9.17, 15) is 10.2 Å². The molecule has 0 amide bonds. The molecule has 1 fully saturated rings. The van der Waals surface area contributed by atoms with Crippen LogP contribution >= 0.6 is 0 Å². The lowest BCUT2D eigenvalue weighted by molar-refractivity contribution is -0.162. The van der Waals surface area contributed by atoms with Crippen LogP contribution in [0.2, 0.25) is 0 Å². The molecule has 140 valence electrons. The van der Waals surface area contributed by atoms with E-state index in [0.29, 0.717) is 12.5 Å². The van der Waals surface area contributed by atoms with Gasteiger partial charge in [-0.1, -0.05) is 44.4 Å². The van der Waals surface area contributed by atoms with Gasteiger partial charge in [-0.05, 0) is 44.9 Å². The number of unbranched alkanes of at least 4 members (excludes halogenated alkanes) is 2. The molecule has 24 heavy (non-hydrogen) atoms. The molecule has 1 unspecified atom stereocenters. The zero-order valence-electron chi connectivity index (χ0n) is 15.6. The first-order valence-electron chi connectivity index (χ1n) is 9.45. The van der Waals surface area contributed by atoms with Crippen LogP contribution in [0, 0.1) is 11.8 Å². The van der Waals surface area contributed by atoms with Crippen LogP contribution in [0.15, 0.2) is 24.8 Å². The second kappa shape index (κ2) is 11.8. The minimum Gasteiger partial charge on any atom is -0.389 e. The van der Waals surface area contributed by atoms with Crippen molar-refractivity contribution in [2.24, 2.45) is 11.8 Å². The van der Waals surface area contributed by atoms with Crippen molar-refractivity contribution in [3.05, 3.63) is 24.8 Å². The summed E-state index contributed by atoms with van der Waals surface area (Å²) in [5, 5.41) is 20.2. The van der Waals surface area contributed by atoms with Crippen molar-refractivity contribution in [2.75, 3.05) is 6.61 Å². The average Bonchev–Trinajstić information content (AvgIpc) is 3.33. The predicted molar refractivity (Wildman–Crippen MR) is 97.7 cm³/mol. The van der Waals surface area contributed by atoms with E-state index in [1.54, 1.807) is 12.2 Å². The summed E-state index contributed by atoms with van der Waals surface area (Å²) < 4.78 is 11.4. The van der Waals surface area contributed by atoms with Gasteiger partial charge in [0.2, 0.25) is 0 Å². The fraction of sp³-hybridized carbons (Fsp3) is 0.800. The van der Waals surface area contributed by atoms with Gasteiger partial charge in [-0.25, -0.2) is 0 Å². The van der Waals surface area contributed by atoms with E-state index in [4.69, 9.17) is 9.47 Å². The fourth-order valence-electron chi connectivity index (χ4n) is 3.16. The molecule has 1 rings (SSSR count). The van der Waals surface area contributed by atoms with Gasteiger partial charge in [0.15, 0.2) is 6.29 Å². The number of aliphatic hydroxyl groups is 2. The van der Waals surface area contributed by atoms with Crippen molar-refractivity contribution in [3.8, 4) is 0 Å². The van der Waals surface area contributed by atoms with Crippen LogP contribution in [0.25, 0.3) is 0 Å². The molecule has 0 bridgehead atoms. The Balaban J connectivity index is 2.41. The van der Waals surface area contributed by atoms with Crippen LogP contribution in [0.1, 0.15) is 59.3 Å². The van der Waals surface area contributed by atoms with E-state index in [0.717, 1.165) is 38.5 Å². The smallest absolute Gasteiger partial charge is 0.155 e. The Morgan fingerprint density at radius 1 is 1.17 bits per heavy atom. The monoisotopic (exact) mass is 340 g/mol. The SMILES string of the molecule is C=CC[C@H](OC(C)OCC)[C@@H]1C[C@H]1[C@H](O)/C=C/[C@H](O)CCCCC. The summed E-state index contributed by atoms with van der Waals surface area (Å²) in [6.45, 7) is 10.4. The van der Waals surface area contributed by atoms with Crippen LogP contribution in [-0.2, 0) is 9.47 Å². The molecule has 0 aromatic carbocycles. The molecule has 4 nitrogen and oxygen atoms in total. The maximum atomic E-state index is 10.3. The zero-order chi connectivity index (χ0) is 17.9. The number of rotatable bonds is 14. The molecule has 0 aromatic rings. The van der Waals surface area contributed by atoms with Gasteiger partial charge in [0.05, 0.1) is 18.3 Å². The summed E-state index contributed by atoms with van der Waals surface area (Å²) in [6.07, 6.45) is 9.93. The Hall–Kier alpha value is -0.680. The minimum atomic E-state index is -0.519. The quantitative estimate of drug-likeness (QED) is 0.287. The third-order valence-electron chi connectivity index (χ3n) is 4.61. The molecular weight excluding hydrogens is 304 g/mol. The highest BCUT2D eigenvalue weighted by Crippen LogP contribution is 2.46. The average molecular weight is 341 g/mol. The van der Waals surface area contributed by atoms with Gasteiger partial charge in [0.1, 0.15) is 0 Å². The van der Waals surface area contributed by atoms with Crippen molar-refractivity contribution in [1.29, 1.82) is 0 Å². The molecule has 1 aliphatic carbocycles. The lowest BCUT2D eigenvalue weighted by Gasteiger charge is -2.22. The number of aliphatic hydroxyl groups excluding tert-OH is 2. The van der Waals surface area contributed by atoms with Gasteiger partial charge in [-0.15, -0.1) is 6.58 Å². The van der Waals surface area contributed by atoms with E-state index < -0.39 is 12.2 Å². The fourth-order valence-corrected chi connectivity index (χ4v) is 3.16. The summed E-state index contributed by atoms with van der Waals surface area (Å²) in [5.41, 5.74) is 0. The topological polar surface area (TPSA) is 58.9 Å². The molecule has 0 spiro atoms. The van der Waals surface area contributed by atoms with Crippen molar-refractivity contribution < 1.29 is 19.7 Å². The minimum absolute atomic E-state index is 0.0339. The Morgan fingerprint density at radius 3 is 2.54 bits per heavy atom. The third kappa shape index (κ3) is 7.93. The van der Waals surface area contributed by atoms with Crippen molar-refractivity contribution in [3.63, 3.8) is 0 Å². The van der Waals surface area contributed by atoms with Crippen molar-refractivity contribution in [2.45, 2.75) is 83.9 Å². The van der Waals surface area contributed by atoms with E-state index in [1.807, 2.05) is 19.9 Å². The standard InChI is InChI=1S/C20H36O4/c1-5-8-9-11-16(21)12-13-19(22)17-14-18(17)20(10-6-2)24-15(4)23-7-3/h6,12-13,15-22H,2,5,7-11,14H2,1,3-4H3/b13-12+/t15?,16-,17-,18-,19-,20+/m1/s1.